The van der Waals surface area contributed by atoms with Gasteiger partial charge in [0.1, 0.15) is 34.2 Å². The van der Waals surface area contributed by atoms with E-state index in [2.05, 4.69) is 27.0 Å². The number of carboxylic acid groups (broad SMARTS) is 1. The molecule has 4 aromatic rings. The fourth-order valence-electron chi connectivity index (χ4n) is 4.90. The third-order valence-corrected chi connectivity index (χ3v) is 7.17. The second-order valence-corrected chi connectivity index (χ2v) is 9.92. The van der Waals surface area contributed by atoms with Crippen LogP contribution >= 0.6 is 0 Å². The number of hydrogen-bond donors (Lipinski definition) is 4. The van der Waals surface area contributed by atoms with E-state index in [-0.39, 0.29) is 28.7 Å². The van der Waals surface area contributed by atoms with Crippen LogP contribution in [0.25, 0.3) is 0 Å². The van der Waals surface area contributed by atoms with Gasteiger partial charge in [0.25, 0.3) is 11.5 Å². The highest BCUT2D eigenvalue weighted by molar-refractivity contribution is 5.98. The summed E-state index contributed by atoms with van der Waals surface area (Å²) < 4.78 is 1.42. The number of anilines is 3. The van der Waals surface area contributed by atoms with Gasteiger partial charge in [-0.3, -0.25) is 14.2 Å². The molecule has 0 saturated heterocycles. The summed E-state index contributed by atoms with van der Waals surface area (Å²) in [6.45, 7) is 8.08. The summed E-state index contributed by atoms with van der Waals surface area (Å²) in [6, 6.07) is 19.9. The average molecular weight is 524 g/mol. The van der Waals surface area contributed by atoms with Gasteiger partial charge in [-0.15, -0.1) is 0 Å². The maximum absolute atomic E-state index is 13.8. The van der Waals surface area contributed by atoms with Gasteiger partial charge < -0.3 is 21.1 Å². The first kappa shape index (κ1) is 25.7. The zero-order valence-electron chi connectivity index (χ0n) is 22.1. The molecule has 2 aromatic heterocycles. The summed E-state index contributed by atoms with van der Waals surface area (Å²) in [5, 5.41) is 18.9. The zero-order chi connectivity index (χ0) is 27.9. The number of aromatic nitrogens is 2. The summed E-state index contributed by atoms with van der Waals surface area (Å²) >= 11 is 0. The second-order valence-electron chi connectivity index (χ2n) is 9.92. The molecule has 1 aliphatic rings. The van der Waals surface area contributed by atoms with E-state index in [1.165, 1.54) is 21.8 Å². The molecule has 0 aliphatic carbocycles. The largest absolute Gasteiger partial charge is 0.478 e. The first-order chi connectivity index (χ1) is 18.6. The van der Waals surface area contributed by atoms with Crippen molar-refractivity contribution in [3.05, 3.63) is 116 Å². The van der Waals surface area contributed by atoms with Crippen molar-refractivity contribution < 1.29 is 14.7 Å². The molecule has 9 heteroatoms. The minimum Gasteiger partial charge on any atom is -0.478 e. The Morgan fingerprint density at radius 1 is 0.974 bits per heavy atom. The number of amides is 1. The smallest absolute Gasteiger partial charge is 0.339 e. The molecular formula is C30H29N5O4. The Morgan fingerprint density at radius 2 is 1.72 bits per heavy atom. The lowest BCUT2D eigenvalue weighted by atomic mass is 10.0. The topological polar surface area (TPSA) is 125 Å². The van der Waals surface area contributed by atoms with E-state index in [9.17, 15) is 19.5 Å². The van der Waals surface area contributed by atoms with Crippen molar-refractivity contribution >= 4 is 29.2 Å². The van der Waals surface area contributed by atoms with Crippen LogP contribution in [0.4, 0.5) is 17.3 Å². The molecule has 9 nitrogen and oxygen atoms in total. The van der Waals surface area contributed by atoms with Gasteiger partial charge in [0.05, 0.1) is 0 Å². The summed E-state index contributed by atoms with van der Waals surface area (Å²) in [4.78, 5) is 43.2. The van der Waals surface area contributed by atoms with E-state index in [0.29, 0.717) is 17.9 Å². The van der Waals surface area contributed by atoms with Gasteiger partial charge in [-0.05, 0) is 73.7 Å². The number of nitrogens with one attached hydrogen (secondary N) is 3. The number of carbonyl (C=O) groups excluding carboxylic acids is 1. The number of aryl methyl sites for hydroxylation is 3. The van der Waals surface area contributed by atoms with Crippen LogP contribution < -0.4 is 21.5 Å². The van der Waals surface area contributed by atoms with Crippen molar-refractivity contribution in [1.29, 1.82) is 0 Å². The Kier molecular flexibility index (Phi) is 6.43. The lowest BCUT2D eigenvalue weighted by Crippen LogP contribution is -2.46. The predicted molar refractivity (Wildman–Crippen MR) is 150 cm³/mol. The number of benzene rings is 2. The number of pyridine rings is 2. The van der Waals surface area contributed by atoms with Crippen LogP contribution in [0.15, 0.2) is 71.5 Å². The summed E-state index contributed by atoms with van der Waals surface area (Å²) in [7, 11) is 0. The molecule has 1 amide bonds. The molecule has 1 atom stereocenters. The van der Waals surface area contributed by atoms with E-state index in [1.54, 1.807) is 26.0 Å². The van der Waals surface area contributed by atoms with Crippen molar-refractivity contribution in [1.82, 2.24) is 14.9 Å². The number of carboxylic acids is 1. The molecule has 5 rings (SSSR count). The molecule has 1 unspecified atom stereocenters. The van der Waals surface area contributed by atoms with Crippen molar-refractivity contribution in [3.63, 3.8) is 0 Å². The first-order valence-electron chi connectivity index (χ1n) is 12.5. The predicted octanol–water partition coefficient (Wildman–Crippen LogP) is 4.69. The molecule has 39 heavy (non-hydrogen) atoms. The molecule has 0 bridgehead atoms. The fraction of sp³-hybridized carbons (Fsp3) is 0.200. The van der Waals surface area contributed by atoms with Crippen LogP contribution in [0.2, 0.25) is 0 Å². The van der Waals surface area contributed by atoms with Gasteiger partial charge in [-0.2, -0.15) is 0 Å². The van der Waals surface area contributed by atoms with Crippen LogP contribution in [0.1, 0.15) is 55.6 Å². The Bertz CT molecular complexity index is 1680. The van der Waals surface area contributed by atoms with Crippen LogP contribution in [0, 0.1) is 20.8 Å². The summed E-state index contributed by atoms with van der Waals surface area (Å²) in [5.41, 5.74) is 3.41. The van der Waals surface area contributed by atoms with Crippen molar-refractivity contribution in [3.8, 4) is 0 Å². The zero-order valence-corrected chi connectivity index (χ0v) is 22.1. The van der Waals surface area contributed by atoms with E-state index >= 15 is 0 Å². The minimum atomic E-state index is -1.19. The van der Waals surface area contributed by atoms with Crippen LogP contribution in [-0.2, 0) is 12.2 Å². The summed E-state index contributed by atoms with van der Waals surface area (Å²) in [5.74, 6) is -1.08. The standard InChI is InChI=1S/C30H29N5O4/c1-17-10-11-20(14-18(17)2)16-31-24-13-12-22(29(38)39)26(33-24)32-23-15-19(3)25-27(36)34-30(4,35(25)28(23)37)21-8-6-5-7-9-21/h5-15H,16H2,1-4H3,(H,34,36)(H,38,39)(H2,31,32,33). The number of rotatable bonds is 7. The molecule has 1 aliphatic heterocycles. The van der Waals surface area contributed by atoms with Crippen LogP contribution in [-0.4, -0.2) is 26.5 Å². The molecule has 198 valence electrons. The third-order valence-electron chi connectivity index (χ3n) is 7.17. The average Bonchev–Trinajstić information content (AvgIpc) is 3.20. The molecule has 0 saturated carbocycles. The highest BCUT2D eigenvalue weighted by atomic mass is 16.4. The molecule has 3 heterocycles. The van der Waals surface area contributed by atoms with E-state index in [0.717, 1.165) is 11.1 Å². The third kappa shape index (κ3) is 4.63. The normalized spacial score (nSPS) is 15.9. The number of hydrogen-bond acceptors (Lipinski definition) is 6. The number of fused-ring (bicyclic) bond motifs is 1. The van der Waals surface area contributed by atoms with Crippen LogP contribution in [0.3, 0.4) is 0 Å². The van der Waals surface area contributed by atoms with Crippen molar-refractivity contribution in [2.75, 3.05) is 10.6 Å². The molecule has 0 radical (unpaired) electrons. The Labute approximate surface area is 225 Å². The maximum Gasteiger partial charge on any atom is 0.339 e. The molecular weight excluding hydrogens is 494 g/mol. The van der Waals surface area contributed by atoms with Gasteiger partial charge >= 0.3 is 5.97 Å². The SMILES string of the molecule is Cc1ccc(CNc2ccc(C(=O)O)c(Nc3cc(C)c4n(c3=O)C(C)(c3ccccc3)NC4=O)n2)cc1C. The van der Waals surface area contributed by atoms with Gasteiger partial charge in [0.2, 0.25) is 0 Å². The molecule has 0 spiro atoms. The quantitative estimate of drug-likeness (QED) is 0.277. The molecule has 2 aromatic carbocycles. The van der Waals surface area contributed by atoms with Gasteiger partial charge in [0.15, 0.2) is 0 Å². The monoisotopic (exact) mass is 523 g/mol. The van der Waals surface area contributed by atoms with Crippen LogP contribution in [0.5, 0.6) is 0 Å². The lowest BCUT2D eigenvalue weighted by molar-refractivity contribution is 0.0697. The van der Waals surface area contributed by atoms with Crippen molar-refractivity contribution in [2.45, 2.75) is 39.9 Å². The number of aromatic carboxylic acids is 1. The van der Waals surface area contributed by atoms with E-state index in [4.69, 9.17) is 0 Å². The maximum atomic E-state index is 13.8. The fourth-order valence-corrected chi connectivity index (χ4v) is 4.90. The highest BCUT2D eigenvalue weighted by Crippen LogP contribution is 2.31. The van der Waals surface area contributed by atoms with E-state index < -0.39 is 17.2 Å². The molecule has 0 fully saturated rings. The number of carbonyl (C=O) groups is 2. The first-order valence-corrected chi connectivity index (χ1v) is 12.5. The van der Waals surface area contributed by atoms with Gasteiger partial charge in [0, 0.05) is 6.54 Å². The van der Waals surface area contributed by atoms with Gasteiger partial charge in [-0.1, -0.05) is 48.5 Å². The van der Waals surface area contributed by atoms with Gasteiger partial charge in [-0.25, -0.2) is 9.78 Å². The highest BCUT2D eigenvalue weighted by Gasteiger charge is 2.42. The summed E-state index contributed by atoms with van der Waals surface area (Å²) in [6.07, 6.45) is 0. The Hall–Kier alpha value is -4.92. The molecule has 4 N–H and O–H groups in total. The van der Waals surface area contributed by atoms with Crippen molar-refractivity contribution in [2.24, 2.45) is 0 Å². The number of nitrogens with zero attached hydrogens (tertiary/aromatic N) is 2. The lowest BCUT2D eigenvalue weighted by Gasteiger charge is -2.28. The Balaban J connectivity index is 1.53. The second kappa shape index (κ2) is 9.75. The Morgan fingerprint density at radius 3 is 2.41 bits per heavy atom. The van der Waals surface area contributed by atoms with E-state index in [1.807, 2.05) is 56.3 Å². The minimum absolute atomic E-state index is 0.0170.